The third-order valence-electron chi connectivity index (χ3n) is 1.69. The van der Waals surface area contributed by atoms with Crippen LogP contribution in [0, 0.1) is 0 Å². The van der Waals surface area contributed by atoms with E-state index in [-0.39, 0.29) is 22.5 Å². The maximum Gasteiger partial charge on any atom is 0.573 e. The van der Waals surface area contributed by atoms with Gasteiger partial charge in [0, 0.05) is 4.47 Å². The molecular weight excluding hydrogens is 319 g/mol. The van der Waals surface area contributed by atoms with Crippen LogP contribution in [0.4, 0.5) is 23.7 Å². The zero-order valence-electron chi connectivity index (χ0n) is 9.18. The van der Waals surface area contributed by atoms with Crippen LogP contribution in [0.15, 0.2) is 22.7 Å². The molecule has 0 radical (unpaired) electrons. The molecule has 0 heterocycles. The molecule has 1 aromatic carbocycles. The van der Waals surface area contributed by atoms with Crippen molar-refractivity contribution in [2.75, 3.05) is 11.9 Å². The third-order valence-corrected chi connectivity index (χ3v) is 2.34. The van der Waals surface area contributed by atoms with E-state index in [4.69, 9.17) is 0 Å². The first kappa shape index (κ1) is 14.6. The molecule has 100 valence electrons. The Balaban J connectivity index is 2.77. The Morgan fingerprint density at radius 2 is 2.11 bits per heavy atom. The summed E-state index contributed by atoms with van der Waals surface area (Å²) in [6.07, 6.45) is -5.45. The van der Waals surface area contributed by atoms with Crippen LogP contribution in [0.1, 0.15) is 6.92 Å². The molecule has 0 bridgehead atoms. The summed E-state index contributed by atoms with van der Waals surface area (Å²) in [5.74, 6) is -0.385. The van der Waals surface area contributed by atoms with E-state index in [9.17, 15) is 18.0 Å². The van der Waals surface area contributed by atoms with Crippen molar-refractivity contribution in [3.05, 3.63) is 22.7 Å². The van der Waals surface area contributed by atoms with Gasteiger partial charge in [0.25, 0.3) is 0 Å². The number of benzene rings is 1. The quantitative estimate of drug-likeness (QED) is 0.915. The second-order valence-electron chi connectivity index (χ2n) is 3.03. The molecule has 1 rings (SSSR count). The summed E-state index contributed by atoms with van der Waals surface area (Å²) in [4.78, 5) is 11.1. The van der Waals surface area contributed by atoms with Crippen LogP contribution < -0.4 is 10.1 Å². The lowest BCUT2D eigenvalue weighted by molar-refractivity contribution is -0.274. The first-order chi connectivity index (χ1) is 8.31. The number of amides is 1. The molecule has 0 aliphatic heterocycles. The van der Waals surface area contributed by atoms with Gasteiger partial charge in [-0.25, -0.2) is 4.79 Å². The smallest absolute Gasteiger partial charge is 0.450 e. The predicted octanol–water partition coefficient (Wildman–Crippen LogP) is 3.92. The zero-order valence-corrected chi connectivity index (χ0v) is 10.8. The number of anilines is 1. The fourth-order valence-corrected chi connectivity index (χ4v) is 1.53. The van der Waals surface area contributed by atoms with Crippen molar-refractivity contribution in [1.29, 1.82) is 0 Å². The lowest BCUT2D eigenvalue weighted by Gasteiger charge is -2.11. The van der Waals surface area contributed by atoms with E-state index in [1.807, 2.05) is 0 Å². The van der Waals surface area contributed by atoms with Gasteiger partial charge in [0.15, 0.2) is 0 Å². The van der Waals surface area contributed by atoms with Crippen LogP contribution in [0.5, 0.6) is 5.75 Å². The number of nitrogens with one attached hydrogen (secondary N) is 1. The first-order valence-corrected chi connectivity index (χ1v) is 5.60. The summed E-state index contributed by atoms with van der Waals surface area (Å²) in [6.45, 7) is 1.83. The van der Waals surface area contributed by atoms with E-state index < -0.39 is 12.5 Å². The highest BCUT2D eigenvalue weighted by Crippen LogP contribution is 2.30. The maximum atomic E-state index is 12.0. The highest BCUT2D eigenvalue weighted by Gasteiger charge is 2.31. The Bertz CT molecular complexity index is 437. The second kappa shape index (κ2) is 5.94. The minimum atomic E-state index is -4.75. The average molecular weight is 328 g/mol. The second-order valence-corrected chi connectivity index (χ2v) is 3.89. The molecule has 4 nitrogen and oxygen atoms in total. The lowest BCUT2D eigenvalue weighted by Crippen LogP contribution is -2.17. The van der Waals surface area contributed by atoms with Gasteiger partial charge in [-0.1, -0.05) is 0 Å². The number of hydrogen-bond acceptors (Lipinski definition) is 3. The number of carbonyl (C=O) groups is 1. The molecule has 0 aromatic heterocycles. The maximum absolute atomic E-state index is 12.0. The van der Waals surface area contributed by atoms with Gasteiger partial charge < -0.3 is 9.47 Å². The van der Waals surface area contributed by atoms with Crippen LogP contribution in [-0.4, -0.2) is 19.1 Å². The van der Waals surface area contributed by atoms with Crippen molar-refractivity contribution < 1.29 is 27.4 Å². The minimum Gasteiger partial charge on any atom is -0.450 e. The highest BCUT2D eigenvalue weighted by molar-refractivity contribution is 9.10. The average Bonchev–Trinajstić information content (AvgIpc) is 2.20. The first-order valence-electron chi connectivity index (χ1n) is 4.81. The van der Waals surface area contributed by atoms with Crippen LogP contribution in [0.3, 0.4) is 0 Å². The molecule has 0 fully saturated rings. The van der Waals surface area contributed by atoms with E-state index in [1.165, 1.54) is 6.07 Å². The molecule has 0 unspecified atom stereocenters. The molecule has 0 spiro atoms. The van der Waals surface area contributed by atoms with Crippen molar-refractivity contribution >= 4 is 27.7 Å². The number of hydrogen-bond donors (Lipinski definition) is 1. The summed E-state index contributed by atoms with van der Waals surface area (Å²) >= 11 is 3.02. The number of carbonyl (C=O) groups excluding carboxylic acids is 1. The molecule has 1 N–H and O–H groups in total. The summed E-state index contributed by atoms with van der Waals surface area (Å²) in [7, 11) is 0. The number of rotatable bonds is 3. The third kappa shape index (κ3) is 4.82. The van der Waals surface area contributed by atoms with Crippen molar-refractivity contribution in [3.63, 3.8) is 0 Å². The molecule has 0 aliphatic carbocycles. The Hall–Kier alpha value is -1.44. The summed E-state index contributed by atoms with van der Waals surface area (Å²) in [5.41, 5.74) is 0.281. The van der Waals surface area contributed by atoms with Crippen LogP contribution in [-0.2, 0) is 4.74 Å². The topological polar surface area (TPSA) is 47.6 Å². The SMILES string of the molecule is CCOC(=O)Nc1ccc(OC(F)(F)F)cc1Br. The molecule has 1 amide bonds. The fourth-order valence-electron chi connectivity index (χ4n) is 1.07. The van der Waals surface area contributed by atoms with Gasteiger partial charge in [-0.3, -0.25) is 5.32 Å². The Morgan fingerprint density at radius 1 is 1.44 bits per heavy atom. The van der Waals surface area contributed by atoms with Gasteiger partial charge in [-0.2, -0.15) is 0 Å². The number of ether oxygens (including phenoxy) is 2. The van der Waals surface area contributed by atoms with Crippen LogP contribution in [0.2, 0.25) is 0 Å². The van der Waals surface area contributed by atoms with E-state index in [0.717, 1.165) is 12.1 Å². The predicted molar refractivity (Wildman–Crippen MR) is 61.5 cm³/mol. The zero-order chi connectivity index (χ0) is 13.8. The van der Waals surface area contributed by atoms with Gasteiger partial charge in [0.05, 0.1) is 12.3 Å². The molecule has 1 aromatic rings. The van der Waals surface area contributed by atoms with Gasteiger partial charge in [0.2, 0.25) is 0 Å². The van der Waals surface area contributed by atoms with E-state index >= 15 is 0 Å². The molecule has 18 heavy (non-hydrogen) atoms. The standard InChI is InChI=1S/C10H9BrF3NO3/c1-2-17-9(16)15-8-4-3-6(5-7(8)11)18-10(12,13)14/h3-5H,2H2,1H3,(H,15,16). The van der Waals surface area contributed by atoms with E-state index in [0.29, 0.717) is 0 Å². The summed E-state index contributed by atoms with van der Waals surface area (Å²) in [6, 6.07) is 3.44. The molecular formula is C10H9BrF3NO3. The van der Waals surface area contributed by atoms with Gasteiger partial charge in [-0.15, -0.1) is 13.2 Å². The van der Waals surface area contributed by atoms with Gasteiger partial charge in [-0.05, 0) is 41.1 Å². The van der Waals surface area contributed by atoms with Crippen molar-refractivity contribution in [1.82, 2.24) is 0 Å². The van der Waals surface area contributed by atoms with Crippen molar-refractivity contribution in [3.8, 4) is 5.75 Å². The van der Waals surface area contributed by atoms with E-state index in [1.54, 1.807) is 6.92 Å². The Morgan fingerprint density at radius 3 is 2.61 bits per heavy atom. The molecule has 0 atom stereocenters. The Labute approximate surface area is 109 Å². The summed E-state index contributed by atoms with van der Waals surface area (Å²) < 4.78 is 44.5. The molecule has 0 saturated heterocycles. The minimum absolute atomic E-state index is 0.193. The number of halogens is 4. The van der Waals surface area contributed by atoms with Gasteiger partial charge in [0.1, 0.15) is 5.75 Å². The number of alkyl halides is 3. The molecule has 8 heteroatoms. The molecule has 0 saturated carbocycles. The normalized spacial score (nSPS) is 10.9. The van der Waals surface area contributed by atoms with E-state index in [2.05, 4.69) is 30.7 Å². The van der Waals surface area contributed by atoms with Crippen LogP contribution in [0.25, 0.3) is 0 Å². The van der Waals surface area contributed by atoms with Crippen LogP contribution >= 0.6 is 15.9 Å². The molecule has 0 aliphatic rings. The summed E-state index contributed by atoms with van der Waals surface area (Å²) in [5, 5.41) is 2.36. The van der Waals surface area contributed by atoms with Gasteiger partial charge >= 0.3 is 12.5 Å². The Kier molecular flexibility index (Phi) is 4.83. The lowest BCUT2D eigenvalue weighted by atomic mass is 10.3. The van der Waals surface area contributed by atoms with Crippen molar-refractivity contribution in [2.45, 2.75) is 13.3 Å². The monoisotopic (exact) mass is 327 g/mol. The fraction of sp³-hybridized carbons (Fsp3) is 0.300. The largest absolute Gasteiger partial charge is 0.573 e. The highest BCUT2D eigenvalue weighted by atomic mass is 79.9. The van der Waals surface area contributed by atoms with Crippen molar-refractivity contribution in [2.24, 2.45) is 0 Å².